The van der Waals surface area contributed by atoms with Crippen molar-refractivity contribution >= 4 is 0 Å². The highest BCUT2D eigenvalue weighted by Crippen LogP contribution is 1.96. The van der Waals surface area contributed by atoms with Crippen LogP contribution < -0.4 is 5.32 Å². The molecule has 11 heavy (non-hydrogen) atoms. The number of aliphatic hydroxyl groups excluding tert-OH is 1. The maximum atomic E-state index is 8.79. The Bertz CT molecular complexity index is 196. The van der Waals surface area contributed by atoms with Crippen molar-refractivity contribution in [2.45, 2.75) is 12.8 Å². The molecule has 0 saturated heterocycles. The lowest BCUT2D eigenvalue weighted by molar-refractivity contribution is 0.180. The monoisotopic (exact) mass is 150 g/mol. The SMILES string of the molecule is [CH2]C(O)NCc1ccccc1. The number of aliphatic hydroxyl groups is 1. The molecule has 1 rings (SSSR count). The van der Waals surface area contributed by atoms with Gasteiger partial charge in [-0.05, 0) is 12.5 Å². The predicted octanol–water partition coefficient (Wildman–Crippen LogP) is 0.929. The zero-order chi connectivity index (χ0) is 8.10. The van der Waals surface area contributed by atoms with Crippen LogP contribution in [0.25, 0.3) is 0 Å². The molecule has 0 aromatic heterocycles. The first-order valence-electron chi connectivity index (χ1n) is 3.57. The maximum Gasteiger partial charge on any atom is 0.105 e. The minimum Gasteiger partial charge on any atom is -0.379 e. The molecule has 0 heterocycles. The molecule has 0 amide bonds. The molecule has 0 aliphatic rings. The van der Waals surface area contributed by atoms with Crippen LogP contribution >= 0.6 is 0 Å². The molecule has 0 fully saturated rings. The number of nitrogens with one attached hydrogen (secondary N) is 1. The Balaban J connectivity index is 2.39. The Hall–Kier alpha value is -0.860. The smallest absolute Gasteiger partial charge is 0.105 e. The van der Waals surface area contributed by atoms with Crippen LogP contribution in [-0.4, -0.2) is 11.3 Å². The lowest BCUT2D eigenvalue weighted by atomic mass is 10.2. The summed E-state index contributed by atoms with van der Waals surface area (Å²) in [5.74, 6) is 0. The van der Waals surface area contributed by atoms with Crippen LogP contribution in [0.3, 0.4) is 0 Å². The van der Waals surface area contributed by atoms with Crippen molar-refractivity contribution in [1.29, 1.82) is 0 Å². The number of hydrogen-bond donors (Lipinski definition) is 2. The Morgan fingerprint density at radius 1 is 1.36 bits per heavy atom. The van der Waals surface area contributed by atoms with Crippen molar-refractivity contribution in [2.75, 3.05) is 0 Å². The molecule has 0 spiro atoms. The topological polar surface area (TPSA) is 32.3 Å². The third-order valence-corrected chi connectivity index (χ3v) is 1.38. The summed E-state index contributed by atoms with van der Waals surface area (Å²) in [5.41, 5.74) is 1.15. The molecule has 0 aliphatic carbocycles. The molecule has 59 valence electrons. The average Bonchev–Trinajstić information content (AvgIpc) is 2.03. The van der Waals surface area contributed by atoms with Crippen molar-refractivity contribution in [1.82, 2.24) is 5.32 Å². The minimum absolute atomic E-state index is 0.658. The lowest BCUT2D eigenvalue weighted by Gasteiger charge is -2.05. The molecule has 0 bridgehead atoms. The largest absolute Gasteiger partial charge is 0.379 e. The van der Waals surface area contributed by atoms with Crippen LogP contribution in [0.4, 0.5) is 0 Å². The maximum absolute atomic E-state index is 8.79. The minimum atomic E-state index is -0.685. The second-order valence-corrected chi connectivity index (χ2v) is 2.38. The van der Waals surface area contributed by atoms with E-state index in [0.29, 0.717) is 6.54 Å². The van der Waals surface area contributed by atoms with Gasteiger partial charge in [-0.2, -0.15) is 0 Å². The van der Waals surface area contributed by atoms with Gasteiger partial charge in [0.25, 0.3) is 0 Å². The molecular formula is C9H12NO. The molecule has 1 radical (unpaired) electrons. The van der Waals surface area contributed by atoms with E-state index in [-0.39, 0.29) is 0 Å². The van der Waals surface area contributed by atoms with Gasteiger partial charge in [0, 0.05) is 6.54 Å². The van der Waals surface area contributed by atoms with Crippen molar-refractivity contribution < 1.29 is 5.11 Å². The summed E-state index contributed by atoms with van der Waals surface area (Å²) < 4.78 is 0. The van der Waals surface area contributed by atoms with E-state index in [1.165, 1.54) is 0 Å². The highest BCUT2D eigenvalue weighted by atomic mass is 16.3. The first-order valence-corrected chi connectivity index (χ1v) is 3.57. The normalized spacial score (nSPS) is 12.9. The summed E-state index contributed by atoms with van der Waals surface area (Å²) in [4.78, 5) is 0. The van der Waals surface area contributed by atoms with Crippen molar-refractivity contribution in [3.8, 4) is 0 Å². The van der Waals surface area contributed by atoms with Crippen LogP contribution in [-0.2, 0) is 6.54 Å². The third kappa shape index (κ3) is 3.16. The molecule has 0 saturated carbocycles. The van der Waals surface area contributed by atoms with E-state index in [2.05, 4.69) is 12.2 Å². The van der Waals surface area contributed by atoms with Gasteiger partial charge < -0.3 is 5.11 Å². The van der Waals surface area contributed by atoms with E-state index < -0.39 is 6.23 Å². The molecule has 1 atom stereocenters. The van der Waals surface area contributed by atoms with E-state index in [1.54, 1.807) is 0 Å². The highest BCUT2D eigenvalue weighted by Gasteiger charge is 1.93. The fraction of sp³-hybridized carbons (Fsp3) is 0.222. The third-order valence-electron chi connectivity index (χ3n) is 1.38. The lowest BCUT2D eigenvalue weighted by Crippen LogP contribution is -2.24. The Labute approximate surface area is 66.9 Å². The van der Waals surface area contributed by atoms with Gasteiger partial charge in [0.1, 0.15) is 6.23 Å². The second kappa shape index (κ2) is 4.11. The van der Waals surface area contributed by atoms with E-state index in [0.717, 1.165) is 5.56 Å². The highest BCUT2D eigenvalue weighted by molar-refractivity contribution is 5.14. The summed E-state index contributed by atoms with van der Waals surface area (Å²) in [7, 11) is 0. The summed E-state index contributed by atoms with van der Waals surface area (Å²) in [6.45, 7) is 4.06. The van der Waals surface area contributed by atoms with Crippen LogP contribution in [0.5, 0.6) is 0 Å². The van der Waals surface area contributed by atoms with Gasteiger partial charge in [0.15, 0.2) is 0 Å². The van der Waals surface area contributed by atoms with E-state index in [1.807, 2.05) is 30.3 Å². The van der Waals surface area contributed by atoms with Gasteiger partial charge >= 0.3 is 0 Å². The number of rotatable bonds is 3. The van der Waals surface area contributed by atoms with E-state index in [9.17, 15) is 0 Å². The van der Waals surface area contributed by atoms with Gasteiger partial charge in [0.2, 0.25) is 0 Å². The van der Waals surface area contributed by atoms with Gasteiger partial charge in [-0.25, -0.2) is 0 Å². The van der Waals surface area contributed by atoms with Crippen LogP contribution in [0.1, 0.15) is 5.56 Å². The molecule has 1 aromatic carbocycles. The number of benzene rings is 1. The molecule has 2 heteroatoms. The number of hydrogen-bond acceptors (Lipinski definition) is 2. The summed E-state index contributed by atoms with van der Waals surface area (Å²) in [6, 6.07) is 9.88. The zero-order valence-electron chi connectivity index (χ0n) is 6.33. The Kier molecular flexibility index (Phi) is 3.08. The molecular weight excluding hydrogens is 138 g/mol. The summed E-state index contributed by atoms with van der Waals surface area (Å²) in [6.07, 6.45) is -0.685. The Morgan fingerprint density at radius 3 is 2.55 bits per heavy atom. The zero-order valence-corrected chi connectivity index (χ0v) is 6.33. The summed E-state index contributed by atoms with van der Waals surface area (Å²) in [5, 5.41) is 11.6. The average molecular weight is 150 g/mol. The van der Waals surface area contributed by atoms with Crippen LogP contribution in [0, 0.1) is 6.92 Å². The first kappa shape index (κ1) is 8.24. The molecule has 1 unspecified atom stereocenters. The second-order valence-electron chi connectivity index (χ2n) is 2.38. The van der Waals surface area contributed by atoms with E-state index in [4.69, 9.17) is 5.11 Å². The predicted molar refractivity (Wildman–Crippen MR) is 44.6 cm³/mol. The first-order chi connectivity index (χ1) is 5.29. The molecule has 1 aromatic rings. The van der Waals surface area contributed by atoms with Gasteiger partial charge in [0.05, 0.1) is 0 Å². The van der Waals surface area contributed by atoms with Crippen molar-refractivity contribution in [3.05, 3.63) is 42.8 Å². The van der Waals surface area contributed by atoms with Gasteiger partial charge in [-0.1, -0.05) is 30.3 Å². The fourth-order valence-corrected chi connectivity index (χ4v) is 0.832. The van der Waals surface area contributed by atoms with E-state index >= 15 is 0 Å². The van der Waals surface area contributed by atoms with Crippen molar-refractivity contribution in [3.63, 3.8) is 0 Å². The molecule has 2 nitrogen and oxygen atoms in total. The van der Waals surface area contributed by atoms with Crippen LogP contribution in [0.15, 0.2) is 30.3 Å². The van der Waals surface area contributed by atoms with Gasteiger partial charge in [-0.3, -0.25) is 5.32 Å². The molecule has 2 N–H and O–H groups in total. The standard InChI is InChI=1S/C9H12NO/c1-8(11)10-7-9-5-3-2-4-6-9/h2-6,8,10-11H,1,7H2. The molecule has 0 aliphatic heterocycles. The fourth-order valence-electron chi connectivity index (χ4n) is 0.832. The Morgan fingerprint density at radius 2 is 2.00 bits per heavy atom. The quantitative estimate of drug-likeness (QED) is 0.628. The summed E-state index contributed by atoms with van der Waals surface area (Å²) >= 11 is 0. The van der Waals surface area contributed by atoms with Gasteiger partial charge in [-0.15, -0.1) is 0 Å². The van der Waals surface area contributed by atoms with Crippen molar-refractivity contribution in [2.24, 2.45) is 0 Å². The van der Waals surface area contributed by atoms with Crippen LogP contribution in [0.2, 0.25) is 0 Å².